The summed E-state index contributed by atoms with van der Waals surface area (Å²) in [4.78, 5) is 21.2. The highest BCUT2D eigenvalue weighted by molar-refractivity contribution is 6.30. The van der Waals surface area contributed by atoms with E-state index in [1.165, 1.54) is 18.2 Å². The third kappa shape index (κ3) is 4.65. The molecule has 0 aliphatic heterocycles. The molecule has 0 fully saturated rings. The average molecular weight is 258 g/mol. The molecule has 1 aromatic carbocycles. The maximum atomic E-state index is 12.8. The van der Waals surface area contributed by atoms with E-state index in [9.17, 15) is 14.0 Å². The summed E-state index contributed by atoms with van der Waals surface area (Å²) in [6, 6.07) is 4.05. The Morgan fingerprint density at radius 1 is 1.41 bits per heavy atom. The van der Waals surface area contributed by atoms with Crippen LogP contribution in [-0.4, -0.2) is 17.0 Å². The molecule has 0 bridgehead atoms. The number of carboxylic acids is 1. The van der Waals surface area contributed by atoms with Crippen LogP contribution < -0.4 is 5.32 Å². The summed E-state index contributed by atoms with van der Waals surface area (Å²) < 4.78 is 12.8. The standard InChI is InChI=1S/C11H9ClFNO3/c12-8-5-7(1-2-9(8)13)6-14-10(15)3-4-11(16)17/h1-5H,6H2,(H,14,15)(H,16,17). The maximum Gasteiger partial charge on any atom is 0.328 e. The fourth-order valence-electron chi connectivity index (χ4n) is 1.04. The van der Waals surface area contributed by atoms with Crippen LogP contribution in [0.25, 0.3) is 0 Å². The Balaban J connectivity index is 2.53. The second-order valence-corrected chi connectivity index (χ2v) is 3.55. The molecule has 0 atom stereocenters. The average Bonchev–Trinajstić information content (AvgIpc) is 2.28. The molecule has 4 nitrogen and oxygen atoms in total. The van der Waals surface area contributed by atoms with Crippen molar-refractivity contribution in [3.63, 3.8) is 0 Å². The van der Waals surface area contributed by atoms with E-state index in [-0.39, 0.29) is 11.6 Å². The number of aliphatic carboxylic acids is 1. The molecule has 6 heteroatoms. The van der Waals surface area contributed by atoms with Crippen LogP contribution in [0, 0.1) is 5.82 Å². The van der Waals surface area contributed by atoms with Crippen LogP contribution >= 0.6 is 11.6 Å². The van der Waals surface area contributed by atoms with Crippen LogP contribution in [0.3, 0.4) is 0 Å². The highest BCUT2D eigenvalue weighted by Gasteiger charge is 2.02. The van der Waals surface area contributed by atoms with Crippen LogP contribution in [0.4, 0.5) is 4.39 Å². The lowest BCUT2D eigenvalue weighted by atomic mass is 10.2. The van der Waals surface area contributed by atoms with Gasteiger partial charge in [0.2, 0.25) is 5.91 Å². The summed E-state index contributed by atoms with van der Waals surface area (Å²) in [5.41, 5.74) is 0.619. The van der Waals surface area contributed by atoms with E-state index < -0.39 is 17.7 Å². The van der Waals surface area contributed by atoms with Gasteiger partial charge in [-0.2, -0.15) is 0 Å². The summed E-state index contributed by atoms with van der Waals surface area (Å²) in [5.74, 6) is -2.29. The molecule has 0 unspecified atom stereocenters. The SMILES string of the molecule is O=C(O)C=CC(=O)NCc1ccc(F)c(Cl)c1. The number of amides is 1. The zero-order valence-corrected chi connectivity index (χ0v) is 9.37. The fraction of sp³-hybridized carbons (Fsp3) is 0.0909. The van der Waals surface area contributed by atoms with Gasteiger partial charge in [-0.05, 0) is 17.7 Å². The second-order valence-electron chi connectivity index (χ2n) is 3.14. The fourth-order valence-corrected chi connectivity index (χ4v) is 1.25. The molecule has 0 aliphatic carbocycles. The number of halogens is 2. The molecule has 1 amide bonds. The molecule has 0 radical (unpaired) electrons. The molecule has 0 saturated carbocycles. The van der Waals surface area contributed by atoms with E-state index in [1.54, 1.807) is 0 Å². The maximum absolute atomic E-state index is 12.8. The Morgan fingerprint density at radius 2 is 2.12 bits per heavy atom. The van der Waals surface area contributed by atoms with E-state index in [4.69, 9.17) is 16.7 Å². The van der Waals surface area contributed by atoms with E-state index in [0.717, 1.165) is 12.2 Å². The summed E-state index contributed by atoms with van der Waals surface area (Å²) in [6.45, 7) is 0.142. The first kappa shape index (κ1) is 13.2. The Bertz CT molecular complexity index is 474. The third-order valence-electron chi connectivity index (χ3n) is 1.83. The van der Waals surface area contributed by atoms with Gasteiger partial charge < -0.3 is 10.4 Å². The lowest BCUT2D eigenvalue weighted by molar-refractivity contribution is -0.131. The van der Waals surface area contributed by atoms with Gasteiger partial charge in [-0.25, -0.2) is 9.18 Å². The molecule has 0 aliphatic rings. The first-order valence-corrected chi connectivity index (χ1v) is 4.99. The molecule has 0 heterocycles. The minimum absolute atomic E-state index is 0.0298. The Hall–Kier alpha value is -1.88. The predicted octanol–water partition coefficient (Wildman–Crippen LogP) is 1.74. The van der Waals surface area contributed by atoms with Crippen LogP contribution in [0.5, 0.6) is 0 Å². The van der Waals surface area contributed by atoms with Crippen LogP contribution in [-0.2, 0) is 16.1 Å². The molecule has 2 N–H and O–H groups in total. The van der Waals surface area contributed by atoms with E-state index in [1.807, 2.05) is 0 Å². The molecular weight excluding hydrogens is 249 g/mol. The lowest BCUT2D eigenvalue weighted by Gasteiger charge is -2.03. The summed E-state index contributed by atoms with van der Waals surface area (Å²) in [5, 5.41) is 10.7. The second kappa shape index (κ2) is 6.00. The highest BCUT2D eigenvalue weighted by atomic mass is 35.5. The quantitative estimate of drug-likeness (QED) is 0.808. The third-order valence-corrected chi connectivity index (χ3v) is 2.12. The van der Waals surface area contributed by atoms with Gasteiger partial charge in [-0.1, -0.05) is 17.7 Å². The normalized spacial score (nSPS) is 10.5. The number of carboxylic acid groups (broad SMARTS) is 1. The molecule has 90 valence electrons. The van der Waals surface area contributed by atoms with Gasteiger partial charge in [-0.3, -0.25) is 4.79 Å². The topological polar surface area (TPSA) is 66.4 Å². The van der Waals surface area contributed by atoms with Gasteiger partial charge in [0.1, 0.15) is 5.82 Å². The van der Waals surface area contributed by atoms with Gasteiger partial charge in [-0.15, -0.1) is 0 Å². The van der Waals surface area contributed by atoms with Crippen LogP contribution in [0.15, 0.2) is 30.4 Å². The predicted molar refractivity (Wildman–Crippen MR) is 60.0 cm³/mol. The first-order valence-electron chi connectivity index (χ1n) is 4.62. The Morgan fingerprint density at radius 3 is 2.71 bits per heavy atom. The van der Waals surface area contributed by atoms with Gasteiger partial charge in [0.25, 0.3) is 0 Å². The monoisotopic (exact) mass is 257 g/mol. The van der Waals surface area contributed by atoms with Crippen molar-refractivity contribution in [1.29, 1.82) is 0 Å². The van der Waals surface area contributed by atoms with E-state index in [0.29, 0.717) is 5.56 Å². The van der Waals surface area contributed by atoms with Crippen molar-refractivity contribution < 1.29 is 19.1 Å². The summed E-state index contributed by atoms with van der Waals surface area (Å²) in [7, 11) is 0. The number of benzene rings is 1. The molecular formula is C11H9ClFNO3. The summed E-state index contributed by atoms with van der Waals surface area (Å²) >= 11 is 5.55. The smallest absolute Gasteiger partial charge is 0.328 e. The van der Waals surface area contributed by atoms with Crippen molar-refractivity contribution in [2.24, 2.45) is 0 Å². The van der Waals surface area contributed by atoms with E-state index >= 15 is 0 Å². The minimum atomic E-state index is -1.20. The van der Waals surface area contributed by atoms with Crippen LogP contribution in [0.1, 0.15) is 5.56 Å². The number of carbonyl (C=O) groups excluding carboxylic acids is 1. The molecule has 0 aromatic heterocycles. The van der Waals surface area contributed by atoms with Gasteiger partial charge in [0.05, 0.1) is 5.02 Å². The molecule has 1 rings (SSSR count). The number of carbonyl (C=O) groups is 2. The van der Waals surface area contributed by atoms with Crippen molar-refractivity contribution >= 4 is 23.5 Å². The molecule has 0 saturated heterocycles. The largest absolute Gasteiger partial charge is 0.478 e. The zero-order valence-electron chi connectivity index (χ0n) is 8.61. The molecule has 1 aromatic rings. The van der Waals surface area contributed by atoms with Crippen molar-refractivity contribution in [1.82, 2.24) is 5.32 Å². The number of rotatable bonds is 4. The van der Waals surface area contributed by atoms with Gasteiger partial charge in [0.15, 0.2) is 0 Å². The first-order chi connectivity index (χ1) is 7.99. The van der Waals surface area contributed by atoms with E-state index in [2.05, 4.69) is 5.32 Å². The van der Waals surface area contributed by atoms with Crippen molar-refractivity contribution in [3.8, 4) is 0 Å². The lowest BCUT2D eigenvalue weighted by Crippen LogP contribution is -2.20. The molecule has 17 heavy (non-hydrogen) atoms. The molecule has 0 spiro atoms. The van der Waals surface area contributed by atoms with Gasteiger partial charge in [0, 0.05) is 18.7 Å². The number of hydrogen-bond donors (Lipinski definition) is 2. The van der Waals surface area contributed by atoms with Gasteiger partial charge >= 0.3 is 5.97 Å². The zero-order chi connectivity index (χ0) is 12.8. The van der Waals surface area contributed by atoms with Crippen molar-refractivity contribution in [3.05, 3.63) is 46.8 Å². The Kier molecular flexibility index (Phi) is 4.66. The summed E-state index contributed by atoms with van der Waals surface area (Å²) in [6.07, 6.45) is 1.63. The minimum Gasteiger partial charge on any atom is -0.478 e. The highest BCUT2D eigenvalue weighted by Crippen LogP contribution is 2.15. The van der Waals surface area contributed by atoms with Crippen molar-refractivity contribution in [2.45, 2.75) is 6.54 Å². The van der Waals surface area contributed by atoms with Crippen molar-refractivity contribution in [2.75, 3.05) is 0 Å². The number of hydrogen-bond acceptors (Lipinski definition) is 2. The Labute approximate surface area is 102 Å². The van der Waals surface area contributed by atoms with Crippen LogP contribution in [0.2, 0.25) is 5.02 Å². The number of nitrogens with one attached hydrogen (secondary N) is 1.